The molecule has 1 N–H and O–H groups in total. The maximum Gasteiger partial charge on any atom is 0.251 e. The smallest absolute Gasteiger partial charge is 0.251 e. The maximum atomic E-state index is 11.8. The van der Waals surface area contributed by atoms with Crippen molar-refractivity contribution in [2.75, 3.05) is 6.54 Å². The van der Waals surface area contributed by atoms with E-state index in [1.807, 2.05) is 30.3 Å². The van der Waals surface area contributed by atoms with Gasteiger partial charge in [-0.05, 0) is 36.6 Å². The molecular weight excluding hydrogens is 222 g/mol. The van der Waals surface area contributed by atoms with Gasteiger partial charge in [-0.1, -0.05) is 42.5 Å². The molecule has 0 aromatic heterocycles. The third-order valence-corrected chi connectivity index (χ3v) is 2.73. The van der Waals surface area contributed by atoms with Crippen LogP contribution in [0.3, 0.4) is 0 Å². The van der Waals surface area contributed by atoms with Crippen LogP contribution in [0.15, 0.2) is 54.6 Å². The molecule has 2 heteroatoms. The van der Waals surface area contributed by atoms with E-state index in [9.17, 15) is 4.79 Å². The molecule has 2 rings (SSSR count). The molecule has 0 atom stereocenters. The Morgan fingerprint density at radius 2 is 1.83 bits per heavy atom. The van der Waals surface area contributed by atoms with Crippen LogP contribution in [0, 0.1) is 6.92 Å². The van der Waals surface area contributed by atoms with Crippen molar-refractivity contribution in [2.24, 2.45) is 0 Å². The molecule has 0 bridgehead atoms. The van der Waals surface area contributed by atoms with Gasteiger partial charge in [-0.3, -0.25) is 4.79 Å². The minimum Gasteiger partial charge on any atom is -0.352 e. The molecule has 0 aliphatic rings. The van der Waals surface area contributed by atoms with E-state index in [0.717, 1.165) is 12.0 Å². The molecule has 0 saturated carbocycles. The lowest BCUT2D eigenvalue weighted by Crippen LogP contribution is -2.25. The van der Waals surface area contributed by atoms with Crippen LogP contribution in [-0.2, 0) is 6.42 Å². The second kappa shape index (κ2) is 6.01. The standard InChI is InChI=1S/C16H16NO/c1-13-6-5-9-15(12-13)16(18)17-11-10-14-7-3-2-4-8-14/h2-9,12H,1,10-11H2,(H,17,18). The van der Waals surface area contributed by atoms with E-state index in [1.165, 1.54) is 5.56 Å². The van der Waals surface area contributed by atoms with Crippen molar-refractivity contribution in [3.05, 3.63) is 78.2 Å². The summed E-state index contributed by atoms with van der Waals surface area (Å²) in [6.07, 6.45) is 0.844. The number of hydrogen-bond acceptors (Lipinski definition) is 1. The molecule has 1 amide bonds. The Labute approximate surface area is 108 Å². The molecule has 0 aliphatic heterocycles. The van der Waals surface area contributed by atoms with Gasteiger partial charge in [0.05, 0.1) is 0 Å². The molecule has 2 nitrogen and oxygen atoms in total. The highest BCUT2D eigenvalue weighted by Gasteiger charge is 2.04. The third-order valence-electron chi connectivity index (χ3n) is 2.73. The highest BCUT2D eigenvalue weighted by Crippen LogP contribution is 2.04. The van der Waals surface area contributed by atoms with E-state index in [2.05, 4.69) is 24.4 Å². The maximum absolute atomic E-state index is 11.8. The van der Waals surface area contributed by atoms with Crippen molar-refractivity contribution >= 4 is 5.91 Å². The Morgan fingerprint density at radius 3 is 2.56 bits per heavy atom. The van der Waals surface area contributed by atoms with Crippen LogP contribution < -0.4 is 5.32 Å². The second-order valence-corrected chi connectivity index (χ2v) is 4.19. The Morgan fingerprint density at radius 1 is 1.06 bits per heavy atom. The topological polar surface area (TPSA) is 29.1 Å². The third kappa shape index (κ3) is 3.45. The summed E-state index contributed by atoms with van der Waals surface area (Å²) in [6.45, 7) is 4.45. The Kier molecular flexibility index (Phi) is 4.13. The summed E-state index contributed by atoms with van der Waals surface area (Å²) >= 11 is 0. The van der Waals surface area contributed by atoms with Crippen LogP contribution in [0.5, 0.6) is 0 Å². The fourth-order valence-corrected chi connectivity index (χ4v) is 1.78. The normalized spacial score (nSPS) is 10.1. The first kappa shape index (κ1) is 12.4. The molecule has 18 heavy (non-hydrogen) atoms. The van der Waals surface area contributed by atoms with Crippen LogP contribution in [0.4, 0.5) is 0 Å². The lowest BCUT2D eigenvalue weighted by Gasteiger charge is -2.06. The van der Waals surface area contributed by atoms with Gasteiger partial charge in [0.15, 0.2) is 0 Å². The predicted octanol–water partition coefficient (Wildman–Crippen LogP) is 2.84. The monoisotopic (exact) mass is 238 g/mol. The van der Waals surface area contributed by atoms with E-state index in [4.69, 9.17) is 0 Å². The molecule has 0 fully saturated rings. The van der Waals surface area contributed by atoms with Crippen molar-refractivity contribution in [1.82, 2.24) is 5.32 Å². The molecule has 0 spiro atoms. The average Bonchev–Trinajstić information content (AvgIpc) is 2.40. The summed E-state index contributed by atoms with van der Waals surface area (Å²) in [6, 6.07) is 17.4. The second-order valence-electron chi connectivity index (χ2n) is 4.19. The fourth-order valence-electron chi connectivity index (χ4n) is 1.78. The summed E-state index contributed by atoms with van der Waals surface area (Å²) < 4.78 is 0. The summed E-state index contributed by atoms with van der Waals surface area (Å²) in [7, 11) is 0. The number of carbonyl (C=O) groups is 1. The number of amides is 1. The molecule has 1 radical (unpaired) electrons. The summed E-state index contributed by atoms with van der Waals surface area (Å²) in [5, 5.41) is 2.91. The number of carbonyl (C=O) groups excluding carboxylic acids is 1. The molecular formula is C16H16NO. The summed E-state index contributed by atoms with van der Waals surface area (Å²) in [5.41, 5.74) is 2.74. The quantitative estimate of drug-likeness (QED) is 0.872. The molecule has 2 aromatic carbocycles. The zero-order valence-electron chi connectivity index (χ0n) is 10.2. The van der Waals surface area contributed by atoms with Crippen LogP contribution in [0.2, 0.25) is 0 Å². The molecule has 2 aromatic rings. The number of nitrogens with one attached hydrogen (secondary N) is 1. The SMILES string of the molecule is [CH2]c1cccc(C(=O)NCCc2ccccc2)c1. The zero-order chi connectivity index (χ0) is 12.8. The molecule has 0 aliphatic carbocycles. The van der Waals surface area contributed by atoms with Crippen molar-refractivity contribution in [3.63, 3.8) is 0 Å². The lowest BCUT2D eigenvalue weighted by molar-refractivity contribution is 0.0954. The number of hydrogen-bond donors (Lipinski definition) is 1. The Bertz CT molecular complexity index is 520. The predicted molar refractivity (Wildman–Crippen MR) is 73.4 cm³/mol. The van der Waals surface area contributed by atoms with Crippen molar-refractivity contribution in [3.8, 4) is 0 Å². The van der Waals surface area contributed by atoms with Gasteiger partial charge in [0, 0.05) is 12.1 Å². The van der Waals surface area contributed by atoms with Gasteiger partial charge in [-0.15, -0.1) is 0 Å². The van der Waals surface area contributed by atoms with E-state index >= 15 is 0 Å². The highest BCUT2D eigenvalue weighted by atomic mass is 16.1. The van der Waals surface area contributed by atoms with Gasteiger partial charge >= 0.3 is 0 Å². The van der Waals surface area contributed by atoms with Crippen molar-refractivity contribution in [2.45, 2.75) is 6.42 Å². The lowest BCUT2D eigenvalue weighted by atomic mass is 10.1. The summed E-state index contributed by atoms with van der Waals surface area (Å²) in [5.74, 6) is -0.0450. The number of benzene rings is 2. The minimum atomic E-state index is -0.0450. The van der Waals surface area contributed by atoms with Crippen LogP contribution in [0.1, 0.15) is 21.5 Å². The summed E-state index contributed by atoms with van der Waals surface area (Å²) in [4.78, 5) is 11.8. The van der Waals surface area contributed by atoms with Crippen molar-refractivity contribution in [1.29, 1.82) is 0 Å². The van der Waals surface area contributed by atoms with Gasteiger partial charge in [0.2, 0.25) is 0 Å². The Hall–Kier alpha value is -2.09. The number of rotatable bonds is 4. The average molecular weight is 238 g/mol. The van der Waals surface area contributed by atoms with Crippen molar-refractivity contribution < 1.29 is 4.79 Å². The molecule has 0 saturated heterocycles. The minimum absolute atomic E-state index is 0.0450. The molecule has 0 unspecified atom stereocenters. The van der Waals surface area contributed by atoms with Crippen LogP contribution in [0.25, 0.3) is 0 Å². The molecule has 91 valence electrons. The van der Waals surface area contributed by atoms with Gasteiger partial charge in [-0.25, -0.2) is 0 Å². The first-order valence-corrected chi connectivity index (χ1v) is 6.00. The van der Waals surface area contributed by atoms with E-state index < -0.39 is 0 Å². The van der Waals surface area contributed by atoms with E-state index in [-0.39, 0.29) is 5.91 Å². The van der Waals surface area contributed by atoms with E-state index in [0.29, 0.717) is 12.1 Å². The Balaban J connectivity index is 1.86. The largest absolute Gasteiger partial charge is 0.352 e. The van der Waals surface area contributed by atoms with Gasteiger partial charge < -0.3 is 5.32 Å². The van der Waals surface area contributed by atoms with Gasteiger partial charge in [-0.2, -0.15) is 0 Å². The van der Waals surface area contributed by atoms with E-state index in [1.54, 1.807) is 12.1 Å². The first-order chi connectivity index (χ1) is 8.75. The highest BCUT2D eigenvalue weighted by molar-refractivity contribution is 5.94. The first-order valence-electron chi connectivity index (χ1n) is 6.00. The zero-order valence-corrected chi connectivity index (χ0v) is 10.2. The van der Waals surface area contributed by atoms with Gasteiger partial charge in [0.25, 0.3) is 5.91 Å². The fraction of sp³-hybridized carbons (Fsp3) is 0.125. The van der Waals surface area contributed by atoms with Crippen LogP contribution in [-0.4, -0.2) is 12.5 Å². The molecule has 0 heterocycles. The van der Waals surface area contributed by atoms with Gasteiger partial charge in [0.1, 0.15) is 0 Å². The van der Waals surface area contributed by atoms with Crippen LogP contribution >= 0.6 is 0 Å².